The maximum absolute atomic E-state index is 13.6. The van der Waals surface area contributed by atoms with E-state index in [0.717, 1.165) is 24.5 Å². The Morgan fingerprint density at radius 1 is 1.50 bits per heavy atom. The molecular formula is C12H15FN2O4S. The van der Waals surface area contributed by atoms with E-state index in [2.05, 4.69) is 10.6 Å². The van der Waals surface area contributed by atoms with E-state index in [1.165, 1.54) is 0 Å². The molecule has 2 rings (SSSR count). The van der Waals surface area contributed by atoms with Gasteiger partial charge in [-0.3, -0.25) is 4.79 Å². The number of rotatable bonds is 3. The molecule has 2 unspecified atom stereocenters. The molecule has 1 saturated heterocycles. The molecule has 0 aromatic heterocycles. The fraction of sp³-hybridized carbons (Fsp3) is 0.417. The summed E-state index contributed by atoms with van der Waals surface area (Å²) in [6.07, 6.45) is 0.623. The molecule has 0 saturated carbocycles. The zero-order chi connectivity index (χ0) is 14.9. The van der Waals surface area contributed by atoms with E-state index in [4.69, 9.17) is 0 Å². The number of carbonyl (C=O) groups excluding carboxylic acids is 1. The van der Waals surface area contributed by atoms with Crippen LogP contribution in [0.2, 0.25) is 0 Å². The monoisotopic (exact) mass is 302 g/mol. The lowest BCUT2D eigenvalue weighted by molar-refractivity contribution is -0.118. The average molecular weight is 302 g/mol. The number of aliphatic hydroxyl groups is 1. The third-order valence-electron chi connectivity index (χ3n) is 3.05. The second-order valence-corrected chi connectivity index (χ2v) is 6.77. The summed E-state index contributed by atoms with van der Waals surface area (Å²) in [6.45, 7) is 0.296. The van der Waals surface area contributed by atoms with E-state index < -0.39 is 33.7 Å². The summed E-state index contributed by atoms with van der Waals surface area (Å²) in [7, 11) is -3.48. The van der Waals surface area contributed by atoms with Gasteiger partial charge in [0.15, 0.2) is 9.84 Å². The molecule has 0 spiro atoms. The number of benzene rings is 1. The highest BCUT2D eigenvalue weighted by Crippen LogP contribution is 2.20. The lowest BCUT2D eigenvalue weighted by Crippen LogP contribution is -2.35. The van der Waals surface area contributed by atoms with Crippen LogP contribution in [0.4, 0.5) is 10.1 Å². The maximum atomic E-state index is 13.6. The van der Waals surface area contributed by atoms with Gasteiger partial charge in [0.1, 0.15) is 5.82 Å². The van der Waals surface area contributed by atoms with Crippen molar-refractivity contribution < 1.29 is 22.7 Å². The van der Waals surface area contributed by atoms with Gasteiger partial charge in [-0.05, 0) is 24.6 Å². The average Bonchev–Trinajstić information content (AvgIpc) is 2.77. The Morgan fingerprint density at radius 3 is 2.75 bits per heavy atom. The second-order valence-electron chi connectivity index (χ2n) is 4.75. The van der Waals surface area contributed by atoms with Gasteiger partial charge in [0.25, 0.3) is 0 Å². The van der Waals surface area contributed by atoms with E-state index in [-0.39, 0.29) is 17.0 Å². The fourth-order valence-electron chi connectivity index (χ4n) is 1.97. The second kappa shape index (κ2) is 5.47. The topological polar surface area (TPSA) is 95.5 Å². The third kappa shape index (κ3) is 3.33. The molecule has 110 valence electrons. The summed E-state index contributed by atoms with van der Waals surface area (Å²) in [5.74, 6) is -1.23. The highest BCUT2D eigenvalue weighted by atomic mass is 32.2. The van der Waals surface area contributed by atoms with Crippen LogP contribution in [0.25, 0.3) is 0 Å². The first-order valence-corrected chi connectivity index (χ1v) is 7.88. The highest BCUT2D eigenvalue weighted by molar-refractivity contribution is 7.90. The predicted octanol–water partition coefficient (Wildman–Crippen LogP) is -0.110. The minimum Gasteiger partial charge on any atom is -0.392 e. The number of nitrogens with one attached hydrogen (secondary N) is 2. The Hall–Kier alpha value is -1.51. The van der Waals surface area contributed by atoms with Gasteiger partial charge in [0.2, 0.25) is 5.91 Å². The molecule has 2 atom stereocenters. The van der Waals surface area contributed by atoms with Gasteiger partial charge in [-0.25, -0.2) is 12.8 Å². The standard InChI is InChI=1S/C12H15FN2O4S/c1-20(18,19)8-2-3-9(13)10(5-8)15-12(17)11-4-7(16)6-14-11/h2-3,5,7,11,14,16H,4,6H2,1H3,(H,15,17). The van der Waals surface area contributed by atoms with Crippen molar-refractivity contribution in [3.8, 4) is 0 Å². The van der Waals surface area contributed by atoms with Crippen LogP contribution in [0.1, 0.15) is 6.42 Å². The number of halogens is 1. The van der Waals surface area contributed by atoms with Gasteiger partial charge in [-0.2, -0.15) is 0 Å². The molecule has 20 heavy (non-hydrogen) atoms. The smallest absolute Gasteiger partial charge is 0.241 e. The Bertz CT molecular complexity index is 632. The largest absolute Gasteiger partial charge is 0.392 e. The fourth-order valence-corrected chi connectivity index (χ4v) is 2.61. The molecular weight excluding hydrogens is 287 g/mol. The van der Waals surface area contributed by atoms with Gasteiger partial charge < -0.3 is 15.7 Å². The number of anilines is 1. The van der Waals surface area contributed by atoms with Gasteiger partial charge >= 0.3 is 0 Å². The van der Waals surface area contributed by atoms with Crippen LogP contribution in [0.5, 0.6) is 0 Å². The SMILES string of the molecule is CS(=O)(=O)c1ccc(F)c(NC(=O)C2CC(O)CN2)c1. The Morgan fingerprint density at radius 2 is 2.20 bits per heavy atom. The molecule has 1 fully saturated rings. The van der Waals surface area contributed by atoms with Crippen molar-refractivity contribution in [2.75, 3.05) is 18.1 Å². The van der Waals surface area contributed by atoms with Crippen LogP contribution in [0, 0.1) is 5.82 Å². The summed E-state index contributed by atoms with van der Waals surface area (Å²) in [5, 5.41) is 14.4. The first-order valence-electron chi connectivity index (χ1n) is 5.99. The van der Waals surface area contributed by atoms with Gasteiger partial charge in [-0.15, -0.1) is 0 Å². The number of hydrogen-bond acceptors (Lipinski definition) is 5. The first kappa shape index (κ1) is 14.9. The third-order valence-corrected chi connectivity index (χ3v) is 4.16. The zero-order valence-corrected chi connectivity index (χ0v) is 11.6. The number of aliphatic hydroxyl groups excluding tert-OH is 1. The molecule has 0 bridgehead atoms. The van der Waals surface area contributed by atoms with Crippen molar-refractivity contribution in [3.05, 3.63) is 24.0 Å². The first-order chi connectivity index (χ1) is 9.27. The maximum Gasteiger partial charge on any atom is 0.241 e. The number of carbonyl (C=O) groups is 1. The van der Waals surface area contributed by atoms with Crippen molar-refractivity contribution >= 4 is 21.4 Å². The van der Waals surface area contributed by atoms with E-state index in [0.29, 0.717) is 6.54 Å². The summed E-state index contributed by atoms with van der Waals surface area (Å²) in [5.41, 5.74) is -0.193. The van der Waals surface area contributed by atoms with Crippen molar-refractivity contribution in [2.45, 2.75) is 23.5 Å². The predicted molar refractivity (Wildman–Crippen MR) is 70.6 cm³/mol. The van der Waals surface area contributed by atoms with Crippen molar-refractivity contribution in [1.29, 1.82) is 0 Å². The Labute approximate surface area is 115 Å². The summed E-state index contributed by atoms with van der Waals surface area (Å²) in [4.78, 5) is 11.8. The molecule has 1 aromatic rings. The molecule has 0 aliphatic carbocycles. The minimum atomic E-state index is -3.48. The van der Waals surface area contributed by atoms with Crippen LogP contribution < -0.4 is 10.6 Å². The van der Waals surface area contributed by atoms with Crippen LogP contribution >= 0.6 is 0 Å². The Balaban J connectivity index is 2.18. The summed E-state index contributed by atoms with van der Waals surface area (Å²) < 4.78 is 36.4. The molecule has 1 aromatic carbocycles. The van der Waals surface area contributed by atoms with Crippen LogP contribution in [-0.2, 0) is 14.6 Å². The number of sulfone groups is 1. The lowest BCUT2D eigenvalue weighted by atomic mass is 10.2. The zero-order valence-electron chi connectivity index (χ0n) is 10.8. The van der Waals surface area contributed by atoms with E-state index in [1.54, 1.807) is 0 Å². The molecule has 0 radical (unpaired) electrons. The lowest BCUT2D eigenvalue weighted by Gasteiger charge is -2.12. The number of hydrogen-bond donors (Lipinski definition) is 3. The van der Waals surface area contributed by atoms with E-state index in [1.807, 2.05) is 0 Å². The van der Waals surface area contributed by atoms with Crippen molar-refractivity contribution in [2.24, 2.45) is 0 Å². The van der Waals surface area contributed by atoms with Gasteiger partial charge in [0, 0.05) is 12.8 Å². The minimum absolute atomic E-state index is 0.0754. The summed E-state index contributed by atoms with van der Waals surface area (Å²) >= 11 is 0. The molecule has 3 N–H and O–H groups in total. The van der Waals surface area contributed by atoms with E-state index in [9.17, 15) is 22.7 Å². The number of amides is 1. The highest BCUT2D eigenvalue weighted by Gasteiger charge is 2.28. The number of β-amino-alcohol motifs (C(OH)–C–C–N with tert-alkyl or cyclic N) is 1. The Kier molecular flexibility index (Phi) is 4.07. The van der Waals surface area contributed by atoms with Crippen LogP contribution in [0.15, 0.2) is 23.1 Å². The molecule has 1 aliphatic rings. The van der Waals surface area contributed by atoms with Crippen LogP contribution in [0.3, 0.4) is 0 Å². The van der Waals surface area contributed by atoms with Crippen LogP contribution in [-0.4, -0.2) is 44.4 Å². The molecule has 6 nitrogen and oxygen atoms in total. The molecule has 8 heteroatoms. The van der Waals surface area contributed by atoms with Crippen molar-refractivity contribution in [1.82, 2.24) is 5.32 Å². The van der Waals surface area contributed by atoms with Gasteiger partial charge in [-0.1, -0.05) is 0 Å². The normalized spacial score (nSPS) is 22.8. The quantitative estimate of drug-likeness (QED) is 0.677. The van der Waals surface area contributed by atoms with Gasteiger partial charge in [0.05, 0.1) is 22.7 Å². The molecule has 1 aliphatic heterocycles. The molecule has 1 heterocycles. The summed E-state index contributed by atoms with van der Waals surface area (Å²) in [6, 6.07) is 2.58. The van der Waals surface area contributed by atoms with Crippen molar-refractivity contribution in [3.63, 3.8) is 0 Å². The van der Waals surface area contributed by atoms with E-state index >= 15 is 0 Å². The molecule has 1 amide bonds.